The van der Waals surface area contributed by atoms with Crippen LogP contribution in [0.3, 0.4) is 0 Å². The molecule has 1 N–H and O–H groups in total. The van der Waals surface area contributed by atoms with Crippen molar-refractivity contribution in [3.05, 3.63) is 35.7 Å². The van der Waals surface area contributed by atoms with Gasteiger partial charge in [0.1, 0.15) is 18.0 Å². The summed E-state index contributed by atoms with van der Waals surface area (Å²) in [5, 5.41) is 8.72. The molecule has 0 spiro atoms. The molecule has 1 aliphatic heterocycles. The van der Waals surface area contributed by atoms with Crippen molar-refractivity contribution in [1.82, 2.24) is 0 Å². The monoisotopic (exact) mass is 295 g/mol. The molecule has 0 radical (unpaired) electrons. The molecule has 0 saturated carbocycles. The number of hydrogen-bond donors (Lipinski definition) is 1. The van der Waals surface area contributed by atoms with Crippen LogP contribution in [0.1, 0.15) is 5.56 Å². The standard InChI is InChI=1S/C15H18FNO4/c1-20-13-8-17(9-14(13)21-2)12-5-3-4-11(16)10(12)6-7-15(18)19/h3-7,13-14H,8-9H2,1-2H3,(H,18,19)/b7-6+. The van der Waals surface area contributed by atoms with Crippen LogP contribution < -0.4 is 4.90 Å². The molecule has 1 fully saturated rings. The number of anilines is 1. The van der Waals surface area contributed by atoms with Crippen molar-refractivity contribution in [3.8, 4) is 0 Å². The molecule has 21 heavy (non-hydrogen) atoms. The maximum Gasteiger partial charge on any atom is 0.328 e. The van der Waals surface area contributed by atoms with E-state index in [0.29, 0.717) is 18.8 Å². The van der Waals surface area contributed by atoms with Gasteiger partial charge in [0.15, 0.2) is 0 Å². The number of hydrogen-bond acceptors (Lipinski definition) is 4. The van der Waals surface area contributed by atoms with Gasteiger partial charge in [-0.25, -0.2) is 9.18 Å². The number of halogens is 1. The predicted molar refractivity (Wildman–Crippen MR) is 76.9 cm³/mol. The average molecular weight is 295 g/mol. The number of nitrogens with zero attached hydrogens (tertiary/aromatic N) is 1. The first-order valence-corrected chi connectivity index (χ1v) is 6.57. The lowest BCUT2D eigenvalue weighted by Crippen LogP contribution is -2.27. The second-order valence-electron chi connectivity index (χ2n) is 4.80. The Morgan fingerprint density at radius 1 is 1.33 bits per heavy atom. The van der Waals surface area contributed by atoms with Gasteiger partial charge in [-0.15, -0.1) is 0 Å². The van der Waals surface area contributed by atoms with Crippen LogP contribution in [0.15, 0.2) is 24.3 Å². The first kappa shape index (κ1) is 15.5. The molecule has 5 nitrogen and oxygen atoms in total. The number of ether oxygens (including phenoxy) is 2. The van der Waals surface area contributed by atoms with Gasteiger partial charge in [-0.2, -0.15) is 0 Å². The van der Waals surface area contributed by atoms with Crippen molar-refractivity contribution in [2.75, 3.05) is 32.2 Å². The zero-order chi connectivity index (χ0) is 15.4. The third kappa shape index (κ3) is 3.40. The number of methoxy groups -OCH3 is 2. The third-order valence-corrected chi connectivity index (χ3v) is 3.58. The molecule has 1 heterocycles. The number of aliphatic carboxylic acids is 1. The van der Waals surface area contributed by atoms with E-state index in [2.05, 4.69) is 0 Å². The summed E-state index contributed by atoms with van der Waals surface area (Å²) in [6, 6.07) is 4.67. The summed E-state index contributed by atoms with van der Waals surface area (Å²) in [6.45, 7) is 1.12. The quantitative estimate of drug-likeness (QED) is 0.839. The summed E-state index contributed by atoms with van der Waals surface area (Å²) in [5.74, 6) is -1.57. The topological polar surface area (TPSA) is 59.0 Å². The minimum absolute atomic E-state index is 0.102. The first-order valence-electron chi connectivity index (χ1n) is 6.57. The molecular formula is C15H18FNO4. The van der Waals surface area contributed by atoms with E-state index in [-0.39, 0.29) is 17.8 Å². The van der Waals surface area contributed by atoms with E-state index >= 15 is 0 Å². The van der Waals surface area contributed by atoms with Crippen LogP contribution >= 0.6 is 0 Å². The molecule has 114 valence electrons. The lowest BCUT2D eigenvalue weighted by Gasteiger charge is -2.20. The van der Waals surface area contributed by atoms with Crippen LogP contribution in [-0.2, 0) is 14.3 Å². The van der Waals surface area contributed by atoms with E-state index in [1.54, 1.807) is 26.4 Å². The lowest BCUT2D eigenvalue weighted by atomic mass is 10.1. The molecule has 1 aromatic rings. The van der Waals surface area contributed by atoms with Crippen molar-refractivity contribution in [3.63, 3.8) is 0 Å². The summed E-state index contributed by atoms with van der Waals surface area (Å²) in [5.41, 5.74) is 0.889. The SMILES string of the molecule is COC1CN(c2cccc(F)c2/C=C/C(=O)O)CC1OC. The highest BCUT2D eigenvalue weighted by Crippen LogP contribution is 2.29. The first-order chi connectivity index (χ1) is 10.1. The molecule has 2 atom stereocenters. The number of carbonyl (C=O) groups is 1. The van der Waals surface area contributed by atoms with Gasteiger partial charge in [0.2, 0.25) is 0 Å². The molecule has 0 amide bonds. The fourth-order valence-electron chi connectivity index (χ4n) is 2.51. The third-order valence-electron chi connectivity index (χ3n) is 3.58. The Kier molecular flexibility index (Phi) is 4.93. The highest BCUT2D eigenvalue weighted by atomic mass is 19.1. The van der Waals surface area contributed by atoms with Crippen LogP contribution in [0.2, 0.25) is 0 Å². The van der Waals surface area contributed by atoms with Crippen LogP contribution in [0.25, 0.3) is 6.08 Å². The average Bonchev–Trinajstić information content (AvgIpc) is 2.88. The van der Waals surface area contributed by atoms with E-state index in [1.807, 2.05) is 4.90 Å². The van der Waals surface area contributed by atoms with E-state index in [0.717, 1.165) is 6.08 Å². The van der Waals surface area contributed by atoms with E-state index in [9.17, 15) is 9.18 Å². The van der Waals surface area contributed by atoms with Gasteiger partial charge in [0.05, 0.1) is 0 Å². The molecule has 0 aliphatic carbocycles. The van der Waals surface area contributed by atoms with Gasteiger partial charge < -0.3 is 19.5 Å². The second-order valence-corrected chi connectivity index (χ2v) is 4.80. The summed E-state index contributed by atoms with van der Waals surface area (Å²) < 4.78 is 24.7. The van der Waals surface area contributed by atoms with Crippen molar-refractivity contribution >= 4 is 17.7 Å². The van der Waals surface area contributed by atoms with E-state index < -0.39 is 11.8 Å². The largest absolute Gasteiger partial charge is 0.478 e. The van der Waals surface area contributed by atoms with Gasteiger partial charge in [-0.05, 0) is 18.2 Å². The Morgan fingerprint density at radius 3 is 2.48 bits per heavy atom. The number of carboxylic acids is 1. The van der Waals surface area contributed by atoms with Crippen LogP contribution in [-0.4, -0.2) is 50.6 Å². The van der Waals surface area contributed by atoms with Crippen molar-refractivity contribution in [2.24, 2.45) is 0 Å². The van der Waals surface area contributed by atoms with E-state index in [4.69, 9.17) is 14.6 Å². The van der Waals surface area contributed by atoms with Gasteiger partial charge in [0.25, 0.3) is 0 Å². The van der Waals surface area contributed by atoms with Crippen LogP contribution in [0, 0.1) is 5.82 Å². The lowest BCUT2D eigenvalue weighted by molar-refractivity contribution is -0.131. The molecule has 1 saturated heterocycles. The summed E-state index contributed by atoms with van der Waals surface area (Å²) in [4.78, 5) is 12.6. The van der Waals surface area contributed by atoms with Gasteiger partial charge in [-0.1, -0.05) is 6.07 Å². The molecule has 0 bridgehead atoms. The smallest absolute Gasteiger partial charge is 0.328 e. The molecular weight excluding hydrogens is 277 g/mol. The molecule has 0 aromatic heterocycles. The molecule has 2 unspecified atom stereocenters. The Bertz CT molecular complexity index is 534. The Labute approximate surface area is 122 Å². The summed E-state index contributed by atoms with van der Waals surface area (Å²) in [6.07, 6.45) is 2.00. The van der Waals surface area contributed by atoms with Crippen LogP contribution in [0.5, 0.6) is 0 Å². The number of benzene rings is 1. The fourth-order valence-corrected chi connectivity index (χ4v) is 2.51. The molecule has 1 aromatic carbocycles. The maximum atomic E-state index is 14.0. The minimum Gasteiger partial charge on any atom is -0.478 e. The number of carboxylic acid groups (broad SMARTS) is 1. The molecule has 2 rings (SSSR count). The zero-order valence-corrected chi connectivity index (χ0v) is 12.0. The normalized spacial score (nSPS) is 22.1. The Morgan fingerprint density at radius 2 is 1.95 bits per heavy atom. The summed E-state index contributed by atoms with van der Waals surface area (Å²) >= 11 is 0. The Balaban J connectivity index is 2.32. The Hall–Kier alpha value is -1.92. The zero-order valence-electron chi connectivity index (χ0n) is 12.0. The van der Waals surface area contributed by atoms with E-state index in [1.165, 1.54) is 12.1 Å². The van der Waals surface area contributed by atoms with Crippen molar-refractivity contribution in [1.29, 1.82) is 0 Å². The number of rotatable bonds is 5. The van der Waals surface area contributed by atoms with Gasteiger partial charge in [0, 0.05) is 44.6 Å². The molecule has 1 aliphatic rings. The van der Waals surface area contributed by atoms with Gasteiger partial charge in [-0.3, -0.25) is 0 Å². The van der Waals surface area contributed by atoms with Crippen molar-refractivity contribution in [2.45, 2.75) is 12.2 Å². The minimum atomic E-state index is -1.12. The highest BCUT2D eigenvalue weighted by molar-refractivity contribution is 5.87. The van der Waals surface area contributed by atoms with Crippen LogP contribution in [0.4, 0.5) is 10.1 Å². The summed E-state index contributed by atoms with van der Waals surface area (Å²) in [7, 11) is 3.22. The predicted octanol–water partition coefficient (Wildman–Crippen LogP) is 1.77. The van der Waals surface area contributed by atoms with Gasteiger partial charge >= 0.3 is 5.97 Å². The van der Waals surface area contributed by atoms with Crippen molar-refractivity contribution < 1.29 is 23.8 Å². The second kappa shape index (κ2) is 6.69. The fraction of sp³-hybridized carbons (Fsp3) is 0.400. The highest BCUT2D eigenvalue weighted by Gasteiger charge is 2.34. The molecule has 6 heteroatoms. The maximum absolute atomic E-state index is 14.0.